The molecule has 1 atom stereocenters. The zero-order chi connectivity index (χ0) is 27.2. The number of amides is 1. The van der Waals surface area contributed by atoms with Crippen molar-refractivity contribution in [1.29, 1.82) is 0 Å². The van der Waals surface area contributed by atoms with Crippen LogP contribution in [-0.4, -0.2) is 53.3 Å². The molecular formula is C28H33N7O3. The van der Waals surface area contributed by atoms with Crippen molar-refractivity contribution in [2.45, 2.75) is 65.6 Å². The normalized spacial score (nSPS) is 15.8. The molecule has 0 aliphatic carbocycles. The van der Waals surface area contributed by atoms with Crippen molar-refractivity contribution >= 4 is 17.7 Å². The number of carbonyl (C=O) groups excluding carboxylic acids is 1. The molecule has 1 amide bonds. The Labute approximate surface area is 221 Å². The summed E-state index contributed by atoms with van der Waals surface area (Å²) in [6, 6.07) is 13.4. The number of nitrogens with two attached hydrogens (primary N) is 1. The van der Waals surface area contributed by atoms with Crippen LogP contribution in [-0.2, 0) is 11.3 Å². The molecule has 5 rings (SSSR count). The molecule has 4 heterocycles. The minimum absolute atomic E-state index is 0.0526. The first-order valence-corrected chi connectivity index (χ1v) is 12.8. The molecular weight excluding hydrogens is 482 g/mol. The van der Waals surface area contributed by atoms with Gasteiger partial charge in [-0.05, 0) is 65.2 Å². The average Bonchev–Trinajstić information content (AvgIpc) is 3.43. The van der Waals surface area contributed by atoms with Gasteiger partial charge < -0.3 is 15.4 Å². The zero-order valence-electron chi connectivity index (χ0n) is 22.4. The van der Waals surface area contributed by atoms with E-state index in [2.05, 4.69) is 9.97 Å². The molecule has 1 unspecified atom stereocenters. The molecule has 10 heteroatoms. The average molecular weight is 516 g/mol. The fraction of sp³-hybridized carbons (Fsp3) is 0.393. The van der Waals surface area contributed by atoms with Gasteiger partial charge in [-0.2, -0.15) is 0 Å². The van der Waals surface area contributed by atoms with Crippen LogP contribution in [0.15, 0.2) is 47.3 Å². The number of aryl methyl sites for hydroxylation is 2. The van der Waals surface area contributed by atoms with Gasteiger partial charge in [0.25, 0.3) is 0 Å². The highest BCUT2D eigenvalue weighted by Crippen LogP contribution is 2.35. The van der Waals surface area contributed by atoms with Gasteiger partial charge in [-0.1, -0.05) is 30.3 Å². The maximum absolute atomic E-state index is 13.6. The van der Waals surface area contributed by atoms with Crippen LogP contribution in [0.25, 0.3) is 28.0 Å². The lowest BCUT2D eigenvalue weighted by molar-refractivity contribution is 0.0211. The molecule has 1 saturated heterocycles. The summed E-state index contributed by atoms with van der Waals surface area (Å²) in [5.41, 5.74) is 10.5. The zero-order valence-corrected chi connectivity index (χ0v) is 22.4. The molecule has 2 N–H and O–H groups in total. The van der Waals surface area contributed by atoms with Gasteiger partial charge in [0.05, 0.1) is 23.8 Å². The van der Waals surface area contributed by atoms with Crippen molar-refractivity contribution in [3.63, 3.8) is 0 Å². The van der Waals surface area contributed by atoms with E-state index in [0.717, 1.165) is 35.4 Å². The van der Waals surface area contributed by atoms with Crippen molar-refractivity contribution in [2.24, 2.45) is 0 Å². The predicted octanol–water partition coefficient (Wildman–Crippen LogP) is 4.22. The number of anilines is 1. The van der Waals surface area contributed by atoms with Crippen molar-refractivity contribution in [1.82, 2.24) is 29.0 Å². The number of benzene rings is 1. The van der Waals surface area contributed by atoms with Crippen LogP contribution >= 0.6 is 0 Å². The summed E-state index contributed by atoms with van der Waals surface area (Å²) >= 11 is 0. The van der Waals surface area contributed by atoms with Gasteiger partial charge in [0.2, 0.25) is 5.95 Å². The Morgan fingerprint density at radius 3 is 2.42 bits per heavy atom. The lowest BCUT2D eigenvalue weighted by atomic mass is 9.99. The van der Waals surface area contributed by atoms with E-state index < -0.39 is 11.3 Å². The maximum Gasteiger partial charge on any atom is 0.410 e. The minimum atomic E-state index is -0.603. The molecule has 0 radical (unpaired) electrons. The number of likely N-dealkylation sites (tertiary alicyclic amines) is 1. The molecule has 0 bridgehead atoms. The lowest BCUT2D eigenvalue weighted by Gasteiger charge is -2.28. The highest BCUT2D eigenvalue weighted by molar-refractivity contribution is 5.90. The summed E-state index contributed by atoms with van der Waals surface area (Å²) in [5, 5.41) is 4.77. The third-order valence-corrected chi connectivity index (χ3v) is 6.56. The van der Waals surface area contributed by atoms with Crippen LogP contribution in [0.1, 0.15) is 45.0 Å². The number of hydrogen-bond acceptors (Lipinski definition) is 7. The number of aromatic nitrogens is 5. The lowest BCUT2D eigenvalue weighted by Crippen LogP contribution is -2.42. The van der Waals surface area contributed by atoms with Gasteiger partial charge in [-0.3, -0.25) is 4.98 Å². The van der Waals surface area contributed by atoms with E-state index in [1.165, 1.54) is 9.08 Å². The summed E-state index contributed by atoms with van der Waals surface area (Å²) in [4.78, 5) is 37.3. The third-order valence-electron chi connectivity index (χ3n) is 6.56. The number of nitrogen functional groups attached to an aromatic ring is 1. The number of nitrogens with zero attached hydrogens (tertiary/aromatic N) is 6. The summed E-state index contributed by atoms with van der Waals surface area (Å²) in [6.07, 6.45) is 1.19. The number of ether oxygens (including phenoxy) is 1. The number of carbonyl (C=O) groups is 1. The highest BCUT2D eigenvalue weighted by Gasteiger charge is 2.33. The molecule has 1 aliphatic rings. The number of pyridine rings is 1. The van der Waals surface area contributed by atoms with E-state index >= 15 is 0 Å². The van der Waals surface area contributed by atoms with Crippen molar-refractivity contribution in [2.75, 3.05) is 12.3 Å². The molecule has 1 aromatic carbocycles. The van der Waals surface area contributed by atoms with Crippen LogP contribution < -0.4 is 11.4 Å². The molecule has 1 aliphatic heterocycles. The van der Waals surface area contributed by atoms with Gasteiger partial charge in [0.15, 0.2) is 5.65 Å². The van der Waals surface area contributed by atoms with Crippen LogP contribution in [0.2, 0.25) is 0 Å². The first-order chi connectivity index (χ1) is 18.0. The summed E-state index contributed by atoms with van der Waals surface area (Å²) in [7, 11) is 0. The fourth-order valence-corrected chi connectivity index (χ4v) is 5.06. The van der Waals surface area contributed by atoms with Gasteiger partial charge in [-0.15, -0.1) is 5.10 Å². The van der Waals surface area contributed by atoms with E-state index in [1.807, 2.05) is 77.1 Å². The Kier molecular flexibility index (Phi) is 6.42. The largest absolute Gasteiger partial charge is 0.444 e. The Bertz CT molecular complexity index is 1550. The van der Waals surface area contributed by atoms with E-state index in [9.17, 15) is 9.59 Å². The number of hydrogen-bond donors (Lipinski definition) is 1. The van der Waals surface area contributed by atoms with E-state index in [0.29, 0.717) is 23.4 Å². The predicted molar refractivity (Wildman–Crippen MR) is 146 cm³/mol. The minimum Gasteiger partial charge on any atom is -0.444 e. The topological polar surface area (TPSA) is 121 Å². The smallest absolute Gasteiger partial charge is 0.410 e. The molecule has 10 nitrogen and oxygen atoms in total. The Hall–Kier alpha value is -4.21. The van der Waals surface area contributed by atoms with E-state index in [1.54, 1.807) is 4.90 Å². The van der Waals surface area contributed by atoms with Gasteiger partial charge in [0.1, 0.15) is 5.60 Å². The van der Waals surface area contributed by atoms with Crippen molar-refractivity contribution in [3.8, 4) is 22.4 Å². The first-order valence-electron chi connectivity index (χ1n) is 12.8. The Morgan fingerprint density at radius 2 is 1.76 bits per heavy atom. The maximum atomic E-state index is 13.6. The molecule has 3 aromatic heterocycles. The van der Waals surface area contributed by atoms with Crippen molar-refractivity contribution < 1.29 is 9.53 Å². The van der Waals surface area contributed by atoms with Crippen LogP contribution in [0.5, 0.6) is 0 Å². The summed E-state index contributed by atoms with van der Waals surface area (Å²) in [6.45, 7) is 10.2. The number of fused-ring (bicyclic) bond motifs is 1. The first kappa shape index (κ1) is 25.4. The Balaban J connectivity index is 1.65. The third kappa shape index (κ3) is 4.85. The van der Waals surface area contributed by atoms with Gasteiger partial charge in [0, 0.05) is 23.5 Å². The van der Waals surface area contributed by atoms with E-state index in [4.69, 9.17) is 15.6 Å². The molecule has 38 heavy (non-hydrogen) atoms. The fourth-order valence-electron chi connectivity index (χ4n) is 5.06. The highest BCUT2D eigenvalue weighted by atomic mass is 16.6. The second-order valence-electron chi connectivity index (χ2n) is 10.8. The van der Waals surface area contributed by atoms with Gasteiger partial charge in [-0.25, -0.2) is 23.7 Å². The molecule has 1 fully saturated rings. The van der Waals surface area contributed by atoms with Gasteiger partial charge >= 0.3 is 11.8 Å². The summed E-state index contributed by atoms with van der Waals surface area (Å²) in [5.74, 6) is 0.0526. The molecule has 4 aromatic rings. The molecule has 0 saturated carbocycles. The van der Waals surface area contributed by atoms with Crippen LogP contribution in [0.4, 0.5) is 10.7 Å². The van der Waals surface area contributed by atoms with Crippen LogP contribution in [0.3, 0.4) is 0 Å². The van der Waals surface area contributed by atoms with Crippen LogP contribution in [0, 0.1) is 13.8 Å². The standard InChI is InChI=1S/C28H33N7O3/c1-17-14-20(15-18(2)30-17)22-23(19-10-7-6-8-11-19)31-25(29)35-24(22)32-34(26(35)36)16-21-12-9-13-33(21)27(37)38-28(3,4)5/h6-8,10-11,14-15,21H,9,12-13,16H2,1-5H3,(H2,29,31). The second-order valence-corrected chi connectivity index (χ2v) is 10.8. The molecule has 198 valence electrons. The van der Waals surface area contributed by atoms with Crippen molar-refractivity contribution in [3.05, 3.63) is 64.3 Å². The van der Waals surface area contributed by atoms with E-state index in [-0.39, 0.29) is 24.6 Å². The monoisotopic (exact) mass is 515 g/mol. The SMILES string of the molecule is Cc1cc(-c2c(-c3ccccc3)nc(N)n3c(=O)n(CC4CCCN4C(=O)OC(C)(C)C)nc23)cc(C)n1. The summed E-state index contributed by atoms with van der Waals surface area (Å²) < 4.78 is 8.34. The quantitative estimate of drug-likeness (QED) is 0.432. The Morgan fingerprint density at radius 1 is 1.08 bits per heavy atom. The molecule has 0 spiro atoms. The second kappa shape index (κ2) is 9.59. The number of rotatable bonds is 4.